The van der Waals surface area contributed by atoms with E-state index in [0.29, 0.717) is 17.9 Å². The molecule has 0 atom stereocenters. The number of nitriles is 1. The van der Waals surface area contributed by atoms with Gasteiger partial charge in [-0.2, -0.15) is 10.4 Å². The predicted molar refractivity (Wildman–Crippen MR) is 101 cm³/mol. The first kappa shape index (κ1) is 17.6. The van der Waals surface area contributed by atoms with Gasteiger partial charge in [0.25, 0.3) is 0 Å². The van der Waals surface area contributed by atoms with Crippen LogP contribution in [0.3, 0.4) is 0 Å². The minimum Gasteiger partial charge on any atom is -0.363 e. The first-order valence-electron chi connectivity index (χ1n) is 8.81. The highest BCUT2D eigenvalue weighted by atomic mass is 15.2. The Balaban J connectivity index is 1.70. The number of imidazole rings is 1. The van der Waals surface area contributed by atoms with Crippen LogP contribution in [0.15, 0.2) is 43.0 Å². The quantitative estimate of drug-likeness (QED) is 0.710. The topological polar surface area (TPSA) is 79.4 Å². The normalized spacial score (nSPS) is 10.5. The molecule has 0 spiro atoms. The monoisotopic (exact) mass is 346 g/mol. The van der Waals surface area contributed by atoms with Crippen LogP contribution in [-0.4, -0.2) is 19.7 Å². The maximum absolute atomic E-state index is 9.54. The predicted octanol–water partition coefficient (Wildman–Crippen LogP) is 3.33. The molecule has 0 aliphatic carbocycles. The van der Waals surface area contributed by atoms with E-state index in [0.717, 1.165) is 36.2 Å². The van der Waals surface area contributed by atoms with E-state index in [-0.39, 0.29) is 0 Å². The summed E-state index contributed by atoms with van der Waals surface area (Å²) in [6.45, 7) is 5.47. The van der Waals surface area contributed by atoms with E-state index >= 15 is 0 Å². The van der Waals surface area contributed by atoms with E-state index < -0.39 is 0 Å². The summed E-state index contributed by atoms with van der Waals surface area (Å²) in [5, 5.41) is 21.3. The van der Waals surface area contributed by atoms with E-state index in [9.17, 15) is 5.26 Å². The summed E-state index contributed by atoms with van der Waals surface area (Å²) < 4.78 is 2.03. The maximum Gasteiger partial charge on any atom is 0.167 e. The molecule has 0 saturated heterocycles. The van der Waals surface area contributed by atoms with Crippen molar-refractivity contribution in [3.05, 3.63) is 70.9 Å². The molecular weight excluding hydrogens is 324 g/mol. The van der Waals surface area contributed by atoms with Gasteiger partial charge in [-0.3, -0.25) is 0 Å². The average molecular weight is 346 g/mol. The Labute approximate surface area is 153 Å². The fourth-order valence-corrected chi connectivity index (χ4v) is 2.96. The Hall–Kier alpha value is -3.20. The summed E-state index contributed by atoms with van der Waals surface area (Å²) in [4.78, 5) is 4.06. The lowest BCUT2D eigenvalue weighted by Gasteiger charge is -2.12. The van der Waals surface area contributed by atoms with Gasteiger partial charge in [-0.1, -0.05) is 38.1 Å². The van der Waals surface area contributed by atoms with Crippen molar-refractivity contribution < 1.29 is 0 Å². The first-order chi connectivity index (χ1) is 12.7. The van der Waals surface area contributed by atoms with Crippen molar-refractivity contribution in [1.29, 1.82) is 5.26 Å². The lowest BCUT2D eigenvalue weighted by atomic mass is 10.0. The van der Waals surface area contributed by atoms with Crippen LogP contribution in [0.25, 0.3) is 0 Å². The molecular formula is C20H22N6. The van der Waals surface area contributed by atoms with Gasteiger partial charge in [-0.25, -0.2) is 4.98 Å². The SMILES string of the molecule is CCc1nnc(NCc2ccc(Cn3ccnc3)cc2)c(C#N)c1CC. The Bertz CT molecular complexity index is 891. The van der Waals surface area contributed by atoms with Gasteiger partial charge in [-0.05, 0) is 29.5 Å². The fraction of sp³-hybridized carbons (Fsp3) is 0.300. The van der Waals surface area contributed by atoms with E-state index in [4.69, 9.17) is 0 Å². The first-order valence-corrected chi connectivity index (χ1v) is 8.81. The van der Waals surface area contributed by atoms with Crippen LogP contribution >= 0.6 is 0 Å². The molecule has 1 aromatic carbocycles. The molecule has 0 saturated carbocycles. The maximum atomic E-state index is 9.54. The van der Waals surface area contributed by atoms with Crippen molar-refractivity contribution in [3.8, 4) is 6.07 Å². The van der Waals surface area contributed by atoms with Crippen LogP contribution < -0.4 is 5.32 Å². The van der Waals surface area contributed by atoms with Crippen molar-refractivity contribution in [2.24, 2.45) is 0 Å². The molecule has 26 heavy (non-hydrogen) atoms. The number of rotatable bonds is 7. The van der Waals surface area contributed by atoms with Crippen molar-refractivity contribution in [1.82, 2.24) is 19.7 Å². The zero-order chi connectivity index (χ0) is 18.4. The smallest absolute Gasteiger partial charge is 0.167 e. The molecule has 0 aliphatic heterocycles. The Morgan fingerprint density at radius 1 is 1.08 bits per heavy atom. The minimum absolute atomic E-state index is 0.559. The van der Waals surface area contributed by atoms with E-state index in [2.05, 4.69) is 50.8 Å². The van der Waals surface area contributed by atoms with Crippen LogP contribution in [0.1, 0.15) is 41.8 Å². The van der Waals surface area contributed by atoms with Gasteiger partial charge in [-0.15, -0.1) is 5.10 Å². The third kappa shape index (κ3) is 3.89. The standard InChI is InChI=1S/C20H22N6/c1-3-17-18(11-21)20(25-24-19(17)4-2)23-12-15-5-7-16(8-6-15)13-26-10-9-22-14-26/h5-10,14H,3-4,12-13H2,1-2H3,(H,23,25). The van der Waals surface area contributed by atoms with E-state index in [1.165, 1.54) is 5.56 Å². The number of aromatic nitrogens is 4. The molecule has 0 fully saturated rings. The Morgan fingerprint density at radius 2 is 1.85 bits per heavy atom. The van der Waals surface area contributed by atoms with Gasteiger partial charge in [0.1, 0.15) is 11.6 Å². The number of benzene rings is 1. The van der Waals surface area contributed by atoms with Crippen molar-refractivity contribution >= 4 is 5.82 Å². The van der Waals surface area contributed by atoms with Gasteiger partial charge >= 0.3 is 0 Å². The summed E-state index contributed by atoms with van der Waals surface area (Å²) in [6.07, 6.45) is 7.09. The second kappa shape index (κ2) is 8.26. The lowest BCUT2D eigenvalue weighted by molar-refractivity contribution is 0.796. The third-order valence-electron chi connectivity index (χ3n) is 4.37. The third-order valence-corrected chi connectivity index (χ3v) is 4.37. The highest BCUT2D eigenvalue weighted by Gasteiger charge is 2.13. The largest absolute Gasteiger partial charge is 0.363 e. The molecule has 1 N–H and O–H groups in total. The molecule has 6 nitrogen and oxygen atoms in total. The van der Waals surface area contributed by atoms with Gasteiger partial charge in [0.2, 0.25) is 0 Å². The van der Waals surface area contributed by atoms with Crippen molar-refractivity contribution in [2.45, 2.75) is 39.8 Å². The molecule has 3 rings (SSSR count). The summed E-state index contributed by atoms with van der Waals surface area (Å²) in [6, 6.07) is 10.7. The Morgan fingerprint density at radius 3 is 2.46 bits per heavy atom. The van der Waals surface area contributed by atoms with E-state index in [1.54, 1.807) is 6.20 Å². The molecule has 0 bridgehead atoms. The lowest BCUT2D eigenvalue weighted by Crippen LogP contribution is -2.10. The number of aryl methyl sites for hydroxylation is 1. The van der Waals surface area contributed by atoms with Gasteiger partial charge in [0, 0.05) is 25.5 Å². The molecule has 3 aromatic rings. The highest BCUT2D eigenvalue weighted by Crippen LogP contribution is 2.20. The molecule has 2 aromatic heterocycles. The number of hydrogen-bond acceptors (Lipinski definition) is 5. The molecule has 132 valence electrons. The molecule has 0 radical (unpaired) electrons. The van der Waals surface area contributed by atoms with Gasteiger partial charge in [0.15, 0.2) is 5.82 Å². The second-order valence-corrected chi connectivity index (χ2v) is 6.07. The zero-order valence-electron chi connectivity index (χ0n) is 15.1. The molecule has 0 unspecified atom stereocenters. The number of nitrogens with zero attached hydrogens (tertiary/aromatic N) is 5. The fourth-order valence-electron chi connectivity index (χ4n) is 2.96. The highest BCUT2D eigenvalue weighted by molar-refractivity contribution is 5.56. The van der Waals surface area contributed by atoms with Crippen molar-refractivity contribution in [3.63, 3.8) is 0 Å². The molecule has 0 amide bonds. The number of hydrogen-bond donors (Lipinski definition) is 1. The van der Waals surface area contributed by atoms with Crippen LogP contribution in [0, 0.1) is 11.3 Å². The minimum atomic E-state index is 0.559. The van der Waals surface area contributed by atoms with E-state index in [1.807, 2.05) is 30.9 Å². The van der Waals surface area contributed by atoms with Crippen LogP contribution in [0.5, 0.6) is 0 Å². The van der Waals surface area contributed by atoms with Gasteiger partial charge in [0.05, 0.1) is 12.0 Å². The molecule has 6 heteroatoms. The Kier molecular flexibility index (Phi) is 5.59. The zero-order valence-corrected chi connectivity index (χ0v) is 15.1. The average Bonchev–Trinajstić information content (AvgIpc) is 3.19. The summed E-state index contributed by atoms with van der Waals surface area (Å²) >= 11 is 0. The van der Waals surface area contributed by atoms with Crippen LogP contribution in [0.4, 0.5) is 5.82 Å². The van der Waals surface area contributed by atoms with Gasteiger partial charge < -0.3 is 9.88 Å². The second-order valence-electron chi connectivity index (χ2n) is 6.07. The summed E-state index contributed by atoms with van der Waals surface area (Å²) in [5.74, 6) is 0.559. The number of nitrogens with one attached hydrogen (secondary N) is 1. The molecule has 0 aliphatic rings. The van der Waals surface area contributed by atoms with Crippen molar-refractivity contribution in [2.75, 3.05) is 5.32 Å². The summed E-state index contributed by atoms with van der Waals surface area (Å²) in [5.41, 5.74) is 4.84. The van der Waals surface area contributed by atoms with Crippen LogP contribution in [-0.2, 0) is 25.9 Å². The summed E-state index contributed by atoms with van der Waals surface area (Å²) in [7, 11) is 0. The number of anilines is 1. The van der Waals surface area contributed by atoms with Crippen LogP contribution in [0.2, 0.25) is 0 Å². The molecule has 2 heterocycles.